The third-order valence-corrected chi connectivity index (χ3v) is 2.81. The summed E-state index contributed by atoms with van der Waals surface area (Å²) in [4.78, 5) is 11.6. The highest BCUT2D eigenvalue weighted by Crippen LogP contribution is 2.20. The Hall–Kier alpha value is -2.21. The van der Waals surface area contributed by atoms with Gasteiger partial charge in [-0.05, 0) is 24.3 Å². The molecule has 2 rings (SSSR count). The smallest absolute Gasteiger partial charge is 0.243 e. The number of anilines is 2. The van der Waals surface area contributed by atoms with Gasteiger partial charge in [-0.2, -0.15) is 0 Å². The van der Waals surface area contributed by atoms with E-state index in [-0.39, 0.29) is 6.54 Å². The van der Waals surface area contributed by atoms with E-state index in [2.05, 4.69) is 10.6 Å². The van der Waals surface area contributed by atoms with Gasteiger partial charge >= 0.3 is 0 Å². The molecule has 0 bridgehead atoms. The number of hydrogen-bond donors (Lipinski definition) is 2. The van der Waals surface area contributed by atoms with Gasteiger partial charge in [0.2, 0.25) is 5.91 Å². The molecule has 7 heteroatoms. The Labute approximate surface area is 123 Å². The number of halogens is 4. The normalized spacial score (nSPS) is 10.3. The van der Waals surface area contributed by atoms with Gasteiger partial charge in [-0.15, -0.1) is 0 Å². The Morgan fingerprint density at radius 2 is 1.62 bits per heavy atom. The predicted octanol–water partition coefficient (Wildman–Crippen LogP) is 3.81. The van der Waals surface area contributed by atoms with Crippen molar-refractivity contribution in [2.75, 3.05) is 17.2 Å². The third-order valence-electron chi connectivity index (χ3n) is 2.56. The van der Waals surface area contributed by atoms with Gasteiger partial charge in [0.05, 0.1) is 6.54 Å². The van der Waals surface area contributed by atoms with Crippen LogP contribution in [0, 0.1) is 17.5 Å². The van der Waals surface area contributed by atoms with Crippen LogP contribution in [0.5, 0.6) is 0 Å². The fourth-order valence-corrected chi connectivity index (χ4v) is 1.74. The summed E-state index contributed by atoms with van der Waals surface area (Å²) in [6.45, 7) is -0.373. The van der Waals surface area contributed by atoms with E-state index in [1.807, 2.05) is 0 Å². The van der Waals surface area contributed by atoms with Crippen LogP contribution in [0.4, 0.5) is 24.5 Å². The SMILES string of the molecule is O=C(CNc1c(F)cc(F)cc1F)Nc1ccc(Cl)cc1. The standard InChI is InChI=1S/C14H10ClF3N2O/c15-8-1-3-10(4-2-8)20-13(21)7-19-14-11(17)5-9(16)6-12(14)18/h1-6,19H,7H2,(H,20,21). The summed E-state index contributed by atoms with van der Waals surface area (Å²) in [5.41, 5.74) is -0.0612. The van der Waals surface area contributed by atoms with E-state index in [1.165, 1.54) is 0 Å². The first-order valence-corrected chi connectivity index (χ1v) is 6.27. The van der Waals surface area contributed by atoms with Crippen LogP contribution in [-0.2, 0) is 4.79 Å². The second-order valence-corrected chi connectivity index (χ2v) is 4.59. The minimum absolute atomic E-state index is 0.373. The molecule has 0 spiro atoms. The summed E-state index contributed by atoms with van der Waals surface area (Å²) in [5.74, 6) is -3.75. The molecule has 2 N–H and O–H groups in total. The van der Waals surface area contributed by atoms with E-state index in [9.17, 15) is 18.0 Å². The molecular formula is C14H10ClF3N2O. The van der Waals surface area contributed by atoms with Crippen LogP contribution >= 0.6 is 11.6 Å². The highest BCUT2D eigenvalue weighted by atomic mass is 35.5. The van der Waals surface area contributed by atoms with E-state index in [4.69, 9.17) is 11.6 Å². The molecule has 0 unspecified atom stereocenters. The molecule has 0 aromatic heterocycles. The fraction of sp³-hybridized carbons (Fsp3) is 0.0714. The van der Waals surface area contributed by atoms with Gasteiger partial charge in [-0.3, -0.25) is 4.79 Å². The Balaban J connectivity index is 1.97. The topological polar surface area (TPSA) is 41.1 Å². The summed E-state index contributed by atoms with van der Waals surface area (Å²) in [5, 5.41) is 5.31. The first-order valence-electron chi connectivity index (χ1n) is 5.89. The lowest BCUT2D eigenvalue weighted by Gasteiger charge is -2.09. The molecule has 0 aliphatic rings. The molecule has 110 valence electrons. The lowest BCUT2D eigenvalue weighted by molar-refractivity contribution is -0.114. The molecule has 0 fully saturated rings. The maximum absolute atomic E-state index is 13.3. The average Bonchev–Trinajstić information content (AvgIpc) is 2.40. The highest BCUT2D eigenvalue weighted by molar-refractivity contribution is 6.30. The zero-order chi connectivity index (χ0) is 15.4. The summed E-state index contributed by atoms with van der Waals surface area (Å²) in [7, 11) is 0. The molecule has 2 aromatic carbocycles. The second-order valence-electron chi connectivity index (χ2n) is 4.15. The summed E-state index contributed by atoms with van der Waals surface area (Å²) >= 11 is 5.70. The Morgan fingerprint density at radius 3 is 2.19 bits per heavy atom. The van der Waals surface area contributed by atoms with E-state index >= 15 is 0 Å². The van der Waals surface area contributed by atoms with Crippen molar-refractivity contribution in [2.45, 2.75) is 0 Å². The third kappa shape index (κ3) is 4.13. The maximum Gasteiger partial charge on any atom is 0.243 e. The van der Waals surface area contributed by atoms with Crippen molar-refractivity contribution in [1.29, 1.82) is 0 Å². The monoisotopic (exact) mass is 314 g/mol. The first-order chi connectivity index (χ1) is 9.95. The van der Waals surface area contributed by atoms with Crippen molar-refractivity contribution in [3.63, 3.8) is 0 Å². The fourth-order valence-electron chi connectivity index (χ4n) is 1.62. The number of benzene rings is 2. The molecule has 21 heavy (non-hydrogen) atoms. The van der Waals surface area contributed by atoms with Gasteiger partial charge in [0.15, 0.2) is 11.6 Å². The molecule has 0 aliphatic carbocycles. The number of carbonyl (C=O) groups is 1. The molecule has 0 radical (unpaired) electrons. The van der Waals surface area contributed by atoms with Crippen LogP contribution in [-0.4, -0.2) is 12.5 Å². The average molecular weight is 315 g/mol. The molecule has 0 aliphatic heterocycles. The van der Waals surface area contributed by atoms with Crippen LogP contribution in [0.3, 0.4) is 0 Å². The minimum Gasteiger partial charge on any atom is -0.371 e. The summed E-state index contributed by atoms with van der Waals surface area (Å²) in [6, 6.07) is 7.40. The molecule has 0 saturated carbocycles. The number of amides is 1. The van der Waals surface area contributed by atoms with Gasteiger partial charge in [-0.1, -0.05) is 11.6 Å². The Bertz CT molecular complexity index is 639. The highest BCUT2D eigenvalue weighted by Gasteiger charge is 2.12. The number of nitrogens with one attached hydrogen (secondary N) is 2. The number of rotatable bonds is 4. The summed E-state index contributed by atoms with van der Waals surface area (Å²) < 4.78 is 39.4. The van der Waals surface area contributed by atoms with Crippen LogP contribution < -0.4 is 10.6 Å². The predicted molar refractivity (Wildman–Crippen MR) is 74.9 cm³/mol. The van der Waals surface area contributed by atoms with Crippen molar-refractivity contribution < 1.29 is 18.0 Å². The Morgan fingerprint density at radius 1 is 1.05 bits per heavy atom. The minimum atomic E-state index is -1.10. The van der Waals surface area contributed by atoms with Crippen molar-refractivity contribution in [3.8, 4) is 0 Å². The van der Waals surface area contributed by atoms with Crippen molar-refractivity contribution in [2.24, 2.45) is 0 Å². The van der Waals surface area contributed by atoms with Gasteiger partial charge in [-0.25, -0.2) is 13.2 Å². The van der Waals surface area contributed by atoms with E-state index in [0.29, 0.717) is 22.8 Å². The van der Waals surface area contributed by atoms with E-state index < -0.39 is 29.0 Å². The molecular weight excluding hydrogens is 305 g/mol. The lowest BCUT2D eigenvalue weighted by atomic mass is 10.2. The van der Waals surface area contributed by atoms with Crippen molar-refractivity contribution in [1.82, 2.24) is 0 Å². The van der Waals surface area contributed by atoms with Crippen LogP contribution in [0.15, 0.2) is 36.4 Å². The van der Waals surface area contributed by atoms with E-state index in [1.54, 1.807) is 24.3 Å². The molecule has 0 saturated heterocycles. The van der Waals surface area contributed by atoms with Crippen molar-refractivity contribution >= 4 is 28.9 Å². The number of hydrogen-bond acceptors (Lipinski definition) is 2. The van der Waals surface area contributed by atoms with Gasteiger partial charge in [0, 0.05) is 22.8 Å². The Kier molecular flexibility index (Phi) is 4.70. The molecule has 0 atom stereocenters. The van der Waals surface area contributed by atoms with Crippen molar-refractivity contribution in [3.05, 3.63) is 58.9 Å². The van der Waals surface area contributed by atoms with E-state index in [0.717, 1.165) is 0 Å². The molecule has 1 amide bonds. The maximum atomic E-state index is 13.3. The lowest BCUT2D eigenvalue weighted by Crippen LogP contribution is -2.22. The van der Waals surface area contributed by atoms with Gasteiger partial charge in [0.1, 0.15) is 11.5 Å². The quantitative estimate of drug-likeness (QED) is 0.901. The molecule has 2 aromatic rings. The molecule has 3 nitrogen and oxygen atoms in total. The molecule has 0 heterocycles. The zero-order valence-corrected chi connectivity index (χ0v) is 11.3. The number of carbonyl (C=O) groups excluding carboxylic acids is 1. The van der Waals surface area contributed by atoms with Crippen LogP contribution in [0.2, 0.25) is 5.02 Å². The largest absolute Gasteiger partial charge is 0.371 e. The summed E-state index contributed by atoms with van der Waals surface area (Å²) in [6.07, 6.45) is 0. The van der Waals surface area contributed by atoms with Gasteiger partial charge < -0.3 is 10.6 Å². The van der Waals surface area contributed by atoms with Crippen LogP contribution in [0.25, 0.3) is 0 Å². The van der Waals surface area contributed by atoms with Gasteiger partial charge in [0.25, 0.3) is 0 Å². The second kappa shape index (κ2) is 6.49. The first kappa shape index (κ1) is 15.2. The van der Waals surface area contributed by atoms with Crippen LogP contribution in [0.1, 0.15) is 0 Å². The zero-order valence-electron chi connectivity index (χ0n) is 10.6.